The minimum atomic E-state index is -0.539. The molecule has 2 aromatic rings. The van der Waals surface area contributed by atoms with E-state index in [0.717, 1.165) is 29.7 Å². The summed E-state index contributed by atoms with van der Waals surface area (Å²) >= 11 is 0. The number of likely N-dealkylation sites (N-methyl/N-ethyl adjacent to an activating group) is 1. The molecular weight excluding hydrogens is 332 g/mol. The van der Waals surface area contributed by atoms with Crippen molar-refractivity contribution in [2.24, 2.45) is 0 Å². The molecule has 7 heteroatoms. The summed E-state index contributed by atoms with van der Waals surface area (Å²) in [5.74, 6) is 1.63. The minimum Gasteiger partial charge on any atom is -0.444 e. The lowest BCUT2D eigenvalue weighted by Gasteiger charge is -2.14. The van der Waals surface area contributed by atoms with Crippen LogP contribution in [-0.2, 0) is 11.3 Å². The van der Waals surface area contributed by atoms with E-state index in [1.165, 1.54) is 0 Å². The Morgan fingerprint density at radius 3 is 2.77 bits per heavy atom. The van der Waals surface area contributed by atoms with Gasteiger partial charge >= 0.3 is 6.03 Å². The molecule has 26 heavy (non-hydrogen) atoms. The van der Waals surface area contributed by atoms with Gasteiger partial charge in [-0.15, -0.1) is 0 Å². The van der Waals surface area contributed by atoms with Crippen molar-refractivity contribution in [3.8, 4) is 0 Å². The van der Waals surface area contributed by atoms with Crippen LogP contribution in [0, 0.1) is 13.8 Å². The van der Waals surface area contributed by atoms with Crippen molar-refractivity contribution in [1.82, 2.24) is 15.2 Å². The molecule has 0 atom stereocenters. The molecule has 3 rings (SSSR count). The fraction of sp³-hybridized carbons (Fsp3) is 0.421. The van der Waals surface area contributed by atoms with E-state index in [1.54, 1.807) is 18.1 Å². The van der Waals surface area contributed by atoms with Gasteiger partial charge < -0.3 is 9.73 Å². The number of amides is 3. The zero-order chi connectivity index (χ0) is 18.7. The third-order valence-electron chi connectivity index (χ3n) is 4.25. The third kappa shape index (κ3) is 4.92. The van der Waals surface area contributed by atoms with Crippen LogP contribution in [-0.4, -0.2) is 35.4 Å². The first-order valence-electron chi connectivity index (χ1n) is 8.72. The highest BCUT2D eigenvalue weighted by Gasteiger charge is 2.27. The van der Waals surface area contributed by atoms with Gasteiger partial charge in [0.25, 0.3) is 0 Å². The van der Waals surface area contributed by atoms with Gasteiger partial charge in [0.15, 0.2) is 0 Å². The second-order valence-corrected chi connectivity index (χ2v) is 6.92. The van der Waals surface area contributed by atoms with Crippen LogP contribution >= 0.6 is 0 Å². The lowest BCUT2D eigenvalue weighted by Crippen LogP contribution is -2.40. The summed E-state index contributed by atoms with van der Waals surface area (Å²) in [7, 11) is 1.78. The van der Waals surface area contributed by atoms with E-state index in [9.17, 15) is 9.59 Å². The number of rotatable bonds is 6. The van der Waals surface area contributed by atoms with Crippen molar-refractivity contribution >= 4 is 17.6 Å². The number of hydrogen-bond donors (Lipinski definition) is 2. The molecule has 2 N–H and O–H groups in total. The van der Waals surface area contributed by atoms with Gasteiger partial charge in [-0.1, -0.05) is 17.7 Å². The topological polar surface area (TPSA) is 87.5 Å². The molecule has 0 saturated heterocycles. The molecule has 0 aliphatic heterocycles. The summed E-state index contributed by atoms with van der Waals surface area (Å²) in [6.07, 6.45) is 4.07. The second kappa shape index (κ2) is 7.70. The van der Waals surface area contributed by atoms with Crippen molar-refractivity contribution in [2.45, 2.75) is 39.2 Å². The molecule has 3 amide bonds. The van der Waals surface area contributed by atoms with Crippen LogP contribution in [0.3, 0.4) is 0 Å². The first-order valence-corrected chi connectivity index (χ1v) is 8.72. The van der Waals surface area contributed by atoms with Gasteiger partial charge in [0.1, 0.15) is 5.76 Å². The molecule has 0 spiro atoms. The maximum Gasteiger partial charge on any atom is 0.325 e. The Labute approximate surface area is 152 Å². The van der Waals surface area contributed by atoms with Gasteiger partial charge in [0.05, 0.1) is 19.3 Å². The summed E-state index contributed by atoms with van der Waals surface area (Å²) in [4.78, 5) is 30.0. The summed E-state index contributed by atoms with van der Waals surface area (Å²) in [5, 5.41) is 5.03. The third-order valence-corrected chi connectivity index (χ3v) is 4.25. The highest BCUT2D eigenvalue weighted by atomic mass is 16.4. The van der Waals surface area contributed by atoms with Crippen LogP contribution in [0.4, 0.5) is 10.5 Å². The number of nitrogens with zero attached hydrogens (tertiary/aromatic N) is 2. The monoisotopic (exact) mass is 356 g/mol. The molecule has 1 aromatic heterocycles. The van der Waals surface area contributed by atoms with E-state index in [4.69, 9.17) is 4.42 Å². The van der Waals surface area contributed by atoms with Crippen LogP contribution < -0.4 is 10.6 Å². The highest BCUT2D eigenvalue weighted by Crippen LogP contribution is 2.40. The predicted molar refractivity (Wildman–Crippen MR) is 97.9 cm³/mol. The SMILES string of the molecule is Cc1ccc(NC(=O)NC(=O)CN(C)Cc2ncc(C3CC3)o2)c(C)c1. The van der Waals surface area contributed by atoms with Crippen molar-refractivity contribution in [2.75, 3.05) is 18.9 Å². The molecule has 0 bridgehead atoms. The van der Waals surface area contributed by atoms with Crippen molar-refractivity contribution in [3.05, 3.63) is 47.2 Å². The molecule has 1 aliphatic rings. The van der Waals surface area contributed by atoms with Gasteiger partial charge in [-0.3, -0.25) is 15.0 Å². The van der Waals surface area contributed by atoms with Gasteiger partial charge in [0.2, 0.25) is 11.8 Å². The van der Waals surface area contributed by atoms with Crippen molar-refractivity contribution in [3.63, 3.8) is 0 Å². The van der Waals surface area contributed by atoms with Crippen LogP contribution in [0.15, 0.2) is 28.8 Å². The number of carbonyl (C=O) groups is 2. The summed E-state index contributed by atoms with van der Waals surface area (Å²) in [6, 6.07) is 5.16. The second-order valence-electron chi connectivity index (χ2n) is 6.92. The molecule has 1 heterocycles. The van der Waals surface area contributed by atoms with Gasteiger partial charge in [0, 0.05) is 11.6 Å². The fourth-order valence-corrected chi connectivity index (χ4v) is 2.76. The maximum atomic E-state index is 12.0. The highest BCUT2D eigenvalue weighted by molar-refractivity contribution is 6.02. The number of hydrogen-bond acceptors (Lipinski definition) is 5. The summed E-state index contributed by atoms with van der Waals surface area (Å²) in [6.45, 7) is 4.38. The molecule has 138 valence electrons. The number of imide groups is 1. The molecular formula is C19H24N4O3. The number of aromatic nitrogens is 1. The Morgan fingerprint density at radius 1 is 1.31 bits per heavy atom. The lowest BCUT2D eigenvalue weighted by atomic mass is 10.1. The quantitative estimate of drug-likeness (QED) is 0.831. The predicted octanol–water partition coefficient (Wildman–Crippen LogP) is 2.95. The van der Waals surface area contributed by atoms with E-state index in [1.807, 2.05) is 32.0 Å². The maximum absolute atomic E-state index is 12.0. The average molecular weight is 356 g/mol. The molecule has 1 aliphatic carbocycles. The number of anilines is 1. The van der Waals surface area contributed by atoms with Crippen LogP contribution in [0.25, 0.3) is 0 Å². The first kappa shape index (κ1) is 18.1. The number of benzene rings is 1. The van der Waals surface area contributed by atoms with Gasteiger partial charge in [-0.05, 0) is 45.4 Å². The Bertz CT molecular complexity index is 811. The minimum absolute atomic E-state index is 0.0709. The molecule has 1 fully saturated rings. The van der Waals surface area contributed by atoms with E-state index in [0.29, 0.717) is 24.0 Å². The largest absolute Gasteiger partial charge is 0.444 e. The Balaban J connectivity index is 1.45. The fourth-order valence-electron chi connectivity index (χ4n) is 2.76. The lowest BCUT2D eigenvalue weighted by molar-refractivity contribution is -0.120. The van der Waals surface area contributed by atoms with E-state index in [-0.39, 0.29) is 12.5 Å². The molecule has 0 unspecified atom stereocenters. The smallest absolute Gasteiger partial charge is 0.325 e. The molecule has 7 nitrogen and oxygen atoms in total. The molecule has 0 radical (unpaired) electrons. The van der Waals surface area contributed by atoms with E-state index >= 15 is 0 Å². The zero-order valence-corrected chi connectivity index (χ0v) is 15.3. The molecule has 1 aromatic carbocycles. The summed E-state index contributed by atoms with van der Waals surface area (Å²) in [5.41, 5.74) is 2.74. The standard InChI is InChI=1S/C19H24N4O3/c1-12-4-7-15(13(2)8-12)21-19(25)22-17(24)10-23(3)11-18-20-9-16(26-18)14-5-6-14/h4,7-9,14H,5-6,10-11H2,1-3H3,(H2,21,22,24,25). The number of oxazole rings is 1. The number of nitrogens with one attached hydrogen (secondary N) is 2. The summed E-state index contributed by atoms with van der Waals surface area (Å²) < 4.78 is 5.68. The molecule has 1 saturated carbocycles. The van der Waals surface area contributed by atoms with Crippen LogP contribution in [0.2, 0.25) is 0 Å². The first-order chi connectivity index (χ1) is 12.4. The van der Waals surface area contributed by atoms with Crippen molar-refractivity contribution in [1.29, 1.82) is 0 Å². The van der Waals surface area contributed by atoms with Gasteiger partial charge in [-0.25, -0.2) is 9.78 Å². The normalized spacial score (nSPS) is 13.7. The number of urea groups is 1. The van der Waals surface area contributed by atoms with Gasteiger partial charge in [-0.2, -0.15) is 0 Å². The zero-order valence-electron chi connectivity index (χ0n) is 15.3. The average Bonchev–Trinajstić information content (AvgIpc) is 3.30. The Hall–Kier alpha value is -2.67. The number of aryl methyl sites for hydroxylation is 2. The van der Waals surface area contributed by atoms with E-state index in [2.05, 4.69) is 15.6 Å². The van der Waals surface area contributed by atoms with E-state index < -0.39 is 6.03 Å². The Morgan fingerprint density at radius 2 is 2.08 bits per heavy atom. The van der Waals surface area contributed by atoms with Crippen LogP contribution in [0.5, 0.6) is 0 Å². The van der Waals surface area contributed by atoms with Crippen molar-refractivity contribution < 1.29 is 14.0 Å². The Kier molecular flexibility index (Phi) is 5.37. The number of carbonyl (C=O) groups excluding carboxylic acids is 2. The van der Waals surface area contributed by atoms with Crippen LogP contribution in [0.1, 0.15) is 41.5 Å².